The highest BCUT2D eigenvalue weighted by atomic mass is 127. The van der Waals surface area contributed by atoms with Crippen LogP contribution in [0, 0.1) is 5.92 Å². The number of rotatable bonds is 4. The monoisotopic (exact) mass is 521 g/mol. The van der Waals surface area contributed by atoms with Gasteiger partial charge in [0.15, 0.2) is 5.96 Å². The third-order valence-corrected chi connectivity index (χ3v) is 5.76. The average Bonchev–Trinajstić information content (AvgIpc) is 3.07. The van der Waals surface area contributed by atoms with E-state index < -0.39 is 0 Å². The molecule has 160 valence electrons. The van der Waals surface area contributed by atoms with E-state index in [9.17, 15) is 4.79 Å². The van der Waals surface area contributed by atoms with E-state index >= 15 is 0 Å². The van der Waals surface area contributed by atoms with Crippen molar-refractivity contribution in [2.75, 3.05) is 44.7 Å². The molecule has 2 aliphatic heterocycles. The normalized spacial score (nSPS) is 22.2. The van der Waals surface area contributed by atoms with Gasteiger partial charge in [-0.15, -0.1) is 24.0 Å². The van der Waals surface area contributed by atoms with Crippen molar-refractivity contribution in [3.63, 3.8) is 0 Å². The molecule has 0 aliphatic carbocycles. The Hall–Kier alpha value is -2.43. The SMILES string of the molecule is CN1C(=O)C[C@@H](CN=C(N)N2CCN(c3ncccn3)CC2)[C@@H]1c1ccccc1.I. The van der Waals surface area contributed by atoms with Gasteiger partial charge in [-0.05, 0) is 11.6 Å². The average molecular weight is 521 g/mol. The number of benzene rings is 1. The highest BCUT2D eigenvalue weighted by Crippen LogP contribution is 2.37. The molecule has 2 fully saturated rings. The van der Waals surface area contributed by atoms with Gasteiger partial charge in [0, 0.05) is 64.5 Å². The smallest absolute Gasteiger partial charge is 0.225 e. The number of hydrogen-bond donors (Lipinski definition) is 1. The molecule has 2 N–H and O–H groups in total. The number of piperazine rings is 1. The van der Waals surface area contributed by atoms with Crippen LogP contribution in [-0.4, -0.2) is 71.4 Å². The standard InChI is InChI=1S/C21H27N7O.HI/c1-26-18(29)14-17(19(26)16-6-3-2-4-7-16)15-25-20(22)27-10-12-28(13-11-27)21-23-8-5-9-24-21;/h2-9,17,19H,10-15H2,1H3,(H2,22,25);1H/t17-,19-;/m0./s1. The Balaban J connectivity index is 0.00000256. The first-order valence-corrected chi connectivity index (χ1v) is 10.0. The number of aliphatic imine (C=N–C) groups is 1. The lowest BCUT2D eigenvalue weighted by atomic mass is 9.94. The van der Waals surface area contributed by atoms with Gasteiger partial charge < -0.3 is 20.4 Å². The Morgan fingerprint density at radius 1 is 1.10 bits per heavy atom. The molecular weight excluding hydrogens is 493 g/mol. The summed E-state index contributed by atoms with van der Waals surface area (Å²) in [6.07, 6.45) is 4.02. The van der Waals surface area contributed by atoms with E-state index in [1.807, 2.05) is 36.2 Å². The van der Waals surface area contributed by atoms with E-state index in [2.05, 4.69) is 36.9 Å². The molecule has 1 amide bonds. The van der Waals surface area contributed by atoms with Crippen molar-refractivity contribution < 1.29 is 4.79 Å². The molecule has 2 atom stereocenters. The van der Waals surface area contributed by atoms with Crippen molar-refractivity contribution in [1.82, 2.24) is 19.8 Å². The van der Waals surface area contributed by atoms with Gasteiger partial charge in [-0.1, -0.05) is 30.3 Å². The predicted molar refractivity (Wildman–Crippen MR) is 128 cm³/mol. The number of amides is 1. The number of likely N-dealkylation sites (tertiary alicyclic amines) is 1. The molecule has 2 saturated heterocycles. The Labute approximate surface area is 194 Å². The zero-order chi connectivity index (χ0) is 20.2. The largest absolute Gasteiger partial charge is 0.370 e. The molecule has 0 unspecified atom stereocenters. The van der Waals surface area contributed by atoms with Crippen LogP contribution in [-0.2, 0) is 4.79 Å². The summed E-state index contributed by atoms with van der Waals surface area (Å²) in [4.78, 5) is 31.7. The molecule has 2 aromatic rings. The summed E-state index contributed by atoms with van der Waals surface area (Å²) in [5.74, 6) is 1.59. The molecule has 0 radical (unpaired) electrons. The van der Waals surface area contributed by atoms with Crippen molar-refractivity contribution in [2.45, 2.75) is 12.5 Å². The Morgan fingerprint density at radius 2 is 1.77 bits per heavy atom. The minimum Gasteiger partial charge on any atom is -0.370 e. The minimum absolute atomic E-state index is 0. The summed E-state index contributed by atoms with van der Waals surface area (Å²) in [6, 6.07) is 12.0. The van der Waals surface area contributed by atoms with Crippen molar-refractivity contribution in [3.05, 3.63) is 54.4 Å². The molecule has 9 heteroatoms. The zero-order valence-corrected chi connectivity index (χ0v) is 19.4. The lowest BCUT2D eigenvalue weighted by Crippen LogP contribution is -2.51. The van der Waals surface area contributed by atoms with Crippen molar-refractivity contribution in [3.8, 4) is 0 Å². The van der Waals surface area contributed by atoms with Crippen LogP contribution in [0.15, 0.2) is 53.8 Å². The van der Waals surface area contributed by atoms with Crippen LogP contribution < -0.4 is 10.6 Å². The molecule has 2 aliphatic rings. The fourth-order valence-electron chi connectivity index (χ4n) is 4.16. The van der Waals surface area contributed by atoms with Crippen LogP contribution in [0.1, 0.15) is 18.0 Å². The van der Waals surface area contributed by atoms with Crippen LogP contribution in [0.25, 0.3) is 0 Å². The Kier molecular flexibility index (Phi) is 7.46. The molecule has 4 rings (SSSR count). The molecular formula is C21H28IN7O. The summed E-state index contributed by atoms with van der Waals surface area (Å²) in [5, 5.41) is 0. The van der Waals surface area contributed by atoms with E-state index in [-0.39, 0.29) is 41.8 Å². The lowest BCUT2D eigenvalue weighted by molar-refractivity contribution is -0.127. The molecule has 8 nitrogen and oxygen atoms in total. The van der Waals surface area contributed by atoms with E-state index in [4.69, 9.17) is 5.73 Å². The van der Waals surface area contributed by atoms with E-state index in [1.165, 1.54) is 0 Å². The summed E-state index contributed by atoms with van der Waals surface area (Å²) >= 11 is 0. The maximum absolute atomic E-state index is 12.3. The van der Waals surface area contributed by atoms with Gasteiger partial charge in [-0.2, -0.15) is 0 Å². The second kappa shape index (κ2) is 10.1. The summed E-state index contributed by atoms with van der Waals surface area (Å²) in [6.45, 7) is 3.71. The van der Waals surface area contributed by atoms with Crippen molar-refractivity contribution >= 4 is 41.8 Å². The number of guanidine groups is 1. The van der Waals surface area contributed by atoms with E-state index in [0.29, 0.717) is 18.9 Å². The highest BCUT2D eigenvalue weighted by Gasteiger charge is 2.38. The van der Waals surface area contributed by atoms with Crippen LogP contribution >= 0.6 is 24.0 Å². The molecule has 30 heavy (non-hydrogen) atoms. The van der Waals surface area contributed by atoms with Gasteiger partial charge in [-0.3, -0.25) is 9.79 Å². The van der Waals surface area contributed by atoms with Crippen LogP contribution in [0.2, 0.25) is 0 Å². The second-order valence-corrected chi connectivity index (χ2v) is 7.55. The first-order chi connectivity index (χ1) is 14.1. The topological polar surface area (TPSA) is 91.0 Å². The van der Waals surface area contributed by atoms with Gasteiger partial charge in [0.25, 0.3) is 0 Å². The number of anilines is 1. The molecule has 1 aromatic heterocycles. The molecule has 3 heterocycles. The van der Waals surface area contributed by atoms with Crippen LogP contribution in [0.5, 0.6) is 0 Å². The van der Waals surface area contributed by atoms with Crippen molar-refractivity contribution in [2.24, 2.45) is 16.6 Å². The third-order valence-electron chi connectivity index (χ3n) is 5.76. The first-order valence-electron chi connectivity index (χ1n) is 10.0. The lowest BCUT2D eigenvalue weighted by Gasteiger charge is -2.35. The number of hydrogen-bond acceptors (Lipinski definition) is 5. The van der Waals surface area contributed by atoms with Crippen LogP contribution in [0.3, 0.4) is 0 Å². The Morgan fingerprint density at radius 3 is 2.43 bits per heavy atom. The van der Waals surface area contributed by atoms with Gasteiger partial charge in [0.2, 0.25) is 11.9 Å². The second-order valence-electron chi connectivity index (χ2n) is 7.55. The van der Waals surface area contributed by atoms with Crippen molar-refractivity contribution in [1.29, 1.82) is 0 Å². The number of nitrogens with two attached hydrogens (primary N) is 1. The first kappa shape index (κ1) is 22.3. The van der Waals surface area contributed by atoms with E-state index in [1.54, 1.807) is 12.4 Å². The number of aromatic nitrogens is 2. The minimum atomic E-state index is 0. The van der Waals surface area contributed by atoms with Gasteiger partial charge in [0.05, 0.1) is 6.04 Å². The predicted octanol–water partition coefficient (Wildman–Crippen LogP) is 1.75. The van der Waals surface area contributed by atoms with Gasteiger partial charge >= 0.3 is 0 Å². The summed E-state index contributed by atoms with van der Waals surface area (Å²) in [7, 11) is 1.87. The van der Waals surface area contributed by atoms with E-state index in [0.717, 1.165) is 37.7 Å². The Bertz CT molecular complexity index is 856. The molecule has 0 saturated carbocycles. The zero-order valence-electron chi connectivity index (χ0n) is 17.1. The quantitative estimate of drug-likeness (QED) is 0.375. The summed E-state index contributed by atoms with van der Waals surface area (Å²) in [5.41, 5.74) is 7.44. The molecule has 1 aromatic carbocycles. The maximum atomic E-state index is 12.3. The van der Waals surface area contributed by atoms with Gasteiger partial charge in [0.1, 0.15) is 0 Å². The fourth-order valence-corrected chi connectivity index (χ4v) is 4.16. The molecule has 0 spiro atoms. The fraction of sp³-hybridized carbons (Fsp3) is 0.429. The van der Waals surface area contributed by atoms with Gasteiger partial charge in [-0.25, -0.2) is 9.97 Å². The number of nitrogens with zero attached hydrogens (tertiary/aromatic N) is 6. The van der Waals surface area contributed by atoms with Crippen LogP contribution in [0.4, 0.5) is 5.95 Å². The summed E-state index contributed by atoms with van der Waals surface area (Å²) < 4.78 is 0. The number of halogens is 1. The number of carbonyl (C=O) groups is 1. The third kappa shape index (κ3) is 4.82. The highest BCUT2D eigenvalue weighted by molar-refractivity contribution is 14.0. The molecule has 0 bridgehead atoms. The maximum Gasteiger partial charge on any atom is 0.225 e. The number of carbonyl (C=O) groups excluding carboxylic acids is 1.